The van der Waals surface area contributed by atoms with Gasteiger partial charge in [-0.1, -0.05) is 30.0 Å². The van der Waals surface area contributed by atoms with Crippen LogP contribution in [-0.2, 0) is 11.9 Å². The number of rotatable bonds is 7. The summed E-state index contributed by atoms with van der Waals surface area (Å²) >= 11 is 0.910. The zero-order valence-corrected chi connectivity index (χ0v) is 18.6. The highest BCUT2D eigenvalue weighted by molar-refractivity contribution is 7.98. The summed E-state index contributed by atoms with van der Waals surface area (Å²) in [6.45, 7) is 0. The molecule has 11 heteroatoms. The van der Waals surface area contributed by atoms with Gasteiger partial charge in [0.05, 0.1) is 32.6 Å². The molecule has 0 radical (unpaired) electrons. The molecule has 0 fully saturated rings. The van der Waals surface area contributed by atoms with Gasteiger partial charge in [-0.15, -0.1) is 0 Å². The van der Waals surface area contributed by atoms with Gasteiger partial charge in [-0.25, -0.2) is 4.98 Å². The molecule has 172 valence electrons. The third kappa shape index (κ3) is 5.06. The molecule has 0 aliphatic heterocycles. The van der Waals surface area contributed by atoms with E-state index in [1.54, 1.807) is 0 Å². The number of nitrogens with zero attached hydrogens (tertiary/aromatic N) is 2. The number of hydrogen-bond donors (Lipinski definition) is 1. The van der Waals surface area contributed by atoms with Gasteiger partial charge >= 0.3 is 6.18 Å². The van der Waals surface area contributed by atoms with E-state index in [1.165, 1.54) is 51.7 Å². The molecule has 2 aromatic carbocycles. The number of ether oxygens (including phenoxy) is 3. The molecular weight excluding hydrogens is 459 g/mol. The lowest BCUT2D eigenvalue weighted by Crippen LogP contribution is -2.15. The standard InChI is InChI=1S/C22H18F3N3O4S/c1-30-16-8-13(9-17(31-2)19(16)32-3)18-14(10-26)20(29)28-21(27-18)33-11-12-6-4-5-7-15(12)22(23,24)25/h4-9H,11H2,1-3H3,(H,27,28,29). The Labute approximate surface area is 191 Å². The van der Waals surface area contributed by atoms with Gasteiger partial charge in [0, 0.05) is 11.3 Å². The van der Waals surface area contributed by atoms with Crippen molar-refractivity contribution in [3.8, 4) is 34.6 Å². The number of aromatic amines is 1. The number of hydrogen-bond acceptors (Lipinski definition) is 7. The molecule has 0 saturated heterocycles. The molecule has 3 aromatic rings. The maximum absolute atomic E-state index is 13.3. The van der Waals surface area contributed by atoms with E-state index < -0.39 is 17.3 Å². The number of nitriles is 1. The predicted octanol–water partition coefficient (Wildman–Crippen LogP) is 4.65. The highest BCUT2D eigenvalue weighted by Gasteiger charge is 2.32. The maximum atomic E-state index is 13.3. The fourth-order valence-electron chi connectivity index (χ4n) is 3.12. The highest BCUT2D eigenvalue weighted by atomic mass is 32.2. The number of aromatic nitrogens is 2. The first-order chi connectivity index (χ1) is 15.7. The van der Waals surface area contributed by atoms with Gasteiger partial charge in [0.25, 0.3) is 5.56 Å². The zero-order chi connectivity index (χ0) is 24.2. The van der Waals surface area contributed by atoms with Gasteiger partial charge in [0.15, 0.2) is 16.7 Å². The fourth-order valence-corrected chi connectivity index (χ4v) is 3.98. The summed E-state index contributed by atoms with van der Waals surface area (Å²) in [7, 11) is 4.26. The quantitative estimate of drug-likeness (QED) is 0.391. The number of alkyl halides is 3. The topological polar surface area (TPSA) is 97.2 Å². The molecule has 3 rings (SSSR count). The Hall–Kier alpha value is -3.65. The lowest BCUT2D eigenvalue weighted by Gasteiger charge is -2.15. The highest BCUT2D eigenvalue weighted by Crippen LogP contribution is 2.41. The molecule has 0 spiro atoms. The van der Waals surface area contributed by atoms with E-state index in [-0.39, 0.29) is 39.2 Å². The first-order valence-electron chi connectivity index (χ1n) is 9.36. The van der Waals surface area contributed by atoms with Crippen LogP contribution in [0.5, 0.6) is 17.2 Å². The number of benzene rings is 2. The number of H-pyrrole nitrogens is 1. The maximum Gasteiger partial charge on any atom is 0.416 e. The second-order valence-electron chi connectivity index (χ2n) is 6.56. The molecule has 0 atom stereocenters. The molecule has 0 saturated carbocycles. The van der Waals surface area contributed by atoms with Crippen LogP contribution in [0.25, 0.3) is 11.3 Å². The fraction of sp³-hybridized carbons (Fsp3) is 0.227. The average molecular weight is 477 g/mol. The van der Waals surface area contributed by atoms with Crippen molar-refractivity contribution in [1.82, 2.24) is 9.97 Å². The Bertz CT molecular complexity index is 1240. The molecule has 0 aliphatic carbocycles. The lowest BCUT2D eigenvalue weighted by atomic mass is 10.1. The van der Waals surface area contributed by atoms with Crippen LogP contribution in [0.1, 0.15) is 16.7 Å². The first-order valence-corrected chi connectivity index (χ1v) is 10.3. The minimum absolute atomic E-state index is 0.0344. The van der Waals surface area contributed by atoms with E-state index in [9.17, 15) is 23.2 Å². The Kier molecular flexibility index (Phi) is 7.18. The Morgan fingerprint density at radius 1 is 1.09 bits per heavy atom. The number of methoxy groups -OCH3 is 3. The summed E-state index contributed by atoms with van der Waals surface area (Å²) in [5.41, 5.74) is -1.33. The molecule has 1 N–H and O–H groups in total. The van der Waals surface area contributed by atoms with Crippen molar-refractivity contribution >= 4 is 11.8 Å². The second kappa shape index (κ2) is 9.87. The number of thioether (sulfide) groups is 1. The van der Waals surface area contributed by atoms with Crippen molar-refractivity contribution in [2.24, 2.45) is 0 Å². The van der Waals surface area contributed by atoms with Crippen molar-refractivity contribution < 1.29 is 27.4 Å². The molecule has 1 aromatic heterocycles. The second-order valence-corrected chi connectivity index (χ2v) is 7.53. The Morgan fingerprint density at radius 2 is 1.73 bits per heavy atom. The third-order valence-corrected chi connectivity index (χ3v) is 5.56. The Morgan fingerprint density at radius 3 is 2.27 bits per heavy atom. The summed E-state index contributed by atoms with van der Waals surface area (Å²) in [5.74, 6) is 0.780. The van der Waals surface area contributed by atoms with Crippen LogP contribution in [0, 0.1) is 11.3 Å². The van der Waals surface area contributed by atoms with Crippen LogP contribution >= 0.6 is 11.8 Å². The summed E-state index contributed by atoms with van der Waals surface area (Å²) in [4.78, 5) is 19.3. The Balaban J connectivity index is 2.06. The van der Waals surface area contributed by atoms with Crippen molar-refractivity contribution in [2.75, 3.05) is 21.3 Å². The minimum Gasteiger partial charge on any atom is -0.493 e. The SMILES string of the molecule is COc1cc(-c2nc(SCc3ccccc3C(F)(F)F)[nH]c(=O)c2C#N)cc(OC)c1OC. The van der Waals surface area contributed by atoms with Crippen LogP contribution in [0.3, 0.4) is 0 Å². The van der Waals surface area contributed by atoms with Gasteiger partial charge in [-0.2, -0.15) is 18.4 Å². The summed E-state index contributed by atoms with van der Waals surface area (Å²) < 4.78 is 55.7. The molecule has 7 nitrogen and oxygen atoms in total. The van der Waals surface area contributed by atoms with E-state index in [0.29, 0.717) is 11.3 Å². The van der Waals surface area contributed by atoms with Crippen molar-refractivity contribution in [2.45, 2.75) is 17.1 Å². The molecular formula is C22H18F3N3O4S. The van der Waals surface area contributed by atoms with Gasteiger partial charge in [0.2, 0.25) is 5.75 Å². The van der Waals surface area contributed by atoms with Gasteiger partial charge < -0.3 is 19.2 Å². The van der Waals surface area contributed by atoms with Crippen molar-refractivity contribution in [3.63, 3.8) is 0 Å². The normalized spacial score (nSPS) is 11.1. The molecule has 0 bridgehead atoms. The van der Waals surface area contributed by atoms with Gasteiger partial charge in [-0.05, 0) is 23.8 Å². The average Bonchev–Trinajstić information content (AvgIpc) is 2.80. The van der Waals surface area contributed by atoms with Crippen molar-refractivity contribution in [1.29, 1.82) is 5.26 Å². The summed E-state index contributed by atoms with van der Waals surface area (Å²) in [5, 5.41) is 9.57. The largest absolute Gasteiger partial charge is 0.493 e. The lowest BCUT2D eigenvalue weighted by molar-refractivity contribution is -0.138. The van der Waals surface area contributed by atoms with E-state index in [1.807, 2.05) is 6.07 Å². The zero-order valence-electron chi connectivity index (χ0n) is 17.7. The van der Waals surface area contributed by atoms with E-state index >= 15 is 0 Å². The van der Waals surface area contributed by atoms with E-state index in [0.717, 1.165) is 17.8 Å². The minimum atomic E-state index is -4.51. The van der Waals surface area contributed by atoms with Crippen LogP contribution in [0.2, 0.25) is 0 Å². The van der Waals surface area contributed by atoms with E-state index in [2.05, 4.69) is 9.97 Å². The van der Waals surface area contributed by atoms with Crippen LogP contribution < -0.4 is 19.8 Å². The number of halogens is 3. The van der Waals surface area contributed by atoms with Crippen molar-refractivity contribution in [3.05, 3.63) is 63.4 Å². The molecule has 33 heavy (non-hydrogen) atoms. The van der Waals surface area contributed by atoms with Gasteiger partial charge in [-0.3, -0.25) is 4.79 Å². The van der Waals surface area contributed by atoms with Crippen LogP contribution in [-0.4, -0.2) is 31.3 Å². The first kappa shape index (κ1) is 24.0. The van der Waals surface area contributed by atoms with Crippen LogP contribution in [0.15, 0.2) is 46.3 Å². The van der Waals surface area contributed by atoms with E-state index in [4.69, 9.17) is 14.2 Å². The van der Waals surface area contributed by atoms with Gasteiger partial charge in [0.1, 0.15) is 11.6 Å². The van der Waals surface area contributed by atoms with Crippen LogP contribution in [0.4, 0.5) is 13.2 Å². The molecule has 0 unspecified atom stereocenters. The molecule has 0 amide bonds. The summed E-state index contributed by atoms with van der Waals surface area (Å²) in [6.07, 6.45) is -4.51. The smallest absolute Gasteiger partial charge is 0.416 e. The number of nitrogens with one attached hydrogen (secondary N) is 1. The third-order valence-electron chi connectivity index (χ3n) is 4.63. The predicted molar refractivity (Wildman–Crippen MR) is 116 cm³/mol. The molecule has 1 heterocycles. The summed E-state index contributed by atoms with van der Waals surface area (Å²) in [6, 6.07) is 10.0. The molecule has 0 aliphatic rings. The monoisotopic (exact) mass is 477 g/mol.